The van der Waals surface area contributed by atoms with Crippen LogP contribution in [0.15, 0.2) is 35.5 Å². The Kier molecular flexibility index (Phi) is 4.80. The van der Waals surface area contributed by atoms with Gasteiger partial charge in [-0.2, -0.15) is 0 Å². The summed E-state index contributed by atoms with van der Waals surface area (Å²) >= 11 is 0. The van der Waals surface area contributed by atoms with E-state index in [-0.39, 0.29) is 5.92 Å². The van der Waals surface area contributed by atoms with E-state index < -0.39 is 0 Å². The van der Waals surface area contributed by atoms with Crippen molar-refractivity contribution in [3.63, 3.8) is 0 Å². The molecular weight excluding hydrogens is 238 g/mol. The highest BCUT2D eigenvalue weighted by molar-refractivity contribution is 5.87. The minimum Gasteiger partial charge on any atom is -0.409 e. The van der Waals surface area contributed by atoms with Crippen molar-refractivity contribution in [2.45, 2.75) is 25.7 Å². The van der Waals surface area contributed by atoms with E-state index in [9.17, 15) is 0 Å². The number of piperidine rings is 1. The molecule has 4 heteroatoms. The predicted molar refractivity (Wildman–Crippen MR) is 77.4 cm³/mol. The average Bonchev–Trinajstić information content (AvgIpc) is 2.45. The van der Waals surface area contributed by atoms with Crippen LogP contribution in [0, 0.1) is 5.92 Å². The maximum Gasteiger partial charge on any atom is 0.147 e. The molecule has 1 aromatic carbocycles. The number of nitrogens with two attached hydrogens (primary N) is 1. The fourth-order valence-electron chi connectivity index (χ4n) is 2.84. The third-order valence-corrected chi connectivity index (χ3v) is 3.86. The molecule has 0 radical (unpaired) electrons. The molecule has 19 heavy (non-hydrogen) atoms. The van der Waals surface area contributed by atoms with Gasteiger partial charge in [0.15, 0.2) is 0 Å². The molecule has 1 aliphatic heterocycles. The van der Waals surface area contributed by atoms with Crippen LogP contribution in [-0.2, 0) is 0 Å². The lowest BCUT2D eigenvalue weighted by Gasteiger charge is -2.33. The van der Waals surface area contributed by atoms with Gasteiger partial charge in [0.25, 0.3) is 0 Å². The largest absolute Gasteiger partial charge is 0.409 e. The van der Waals surface area contributed by atoms with Gasteiger partial charge in [-0.05, 0) is 30.9 Å². The van der Waals surface area contributed by atoms with Crippen molar-refractivity contribution < 1.29 is 5.21 Å². The molecule has 1 aliphatic rings. The van der Waals surface area contributed by atoms with Crippen LogP contribution in [-0.4, -0.2) is 35.6 Å². The lowest BCUT2D eigenvalue weighted by atomic mass is 9.94. The Hall–Kier alpha value is -1.55. The first-order chi connectivity index (χ1) is 9.20. The maximum absolute atomic E-state index is 8.99. The van der Waals surface area contributed by atoms with Gasteiger partial charge in [0.05, 0.1) is 5.92 Å². The summed E-state index contributed by atoms with van der Waals surface area (Å²) in [5, 5.41) is 12.2. The zero-order valence-corrected chi connectivity index (χ0v) is 11.5. The van der Waals surface area contributed by atoms with E-state index in [0.717, 1.165) is 31.1 Å². The normalized spacial score (nSPS) is 23.2. The smallest absolute Gasteiger partial charge is 0.147 e. The molecule has 0 aromatic heterocycles. The van der Waals surface area contributed by atoms with Crippen LogP contribution in [0.3, 0.4) is 0 Å². The Morgan fingerprint density at radius 2 is 2.21 bits per heavy atom. The highest BCUT2D eigenvalue weighted by atomic mass is 16.4. The van der Waals surface area contributed by atoms with Gasteiger partial charge in [0.1, 0.15) is 5.84 Å². The van der Waals surface area contributed by atoms with Crippen LogP contribution < -0.4 is 5.73 Å². The van der Waals surface area contributed by atoms with Gasteiger partial charge in [-0.15, -0.1) is 0 Å². The number of benzene rings is 1. The second-order valence-corrected chi connectivity index (χ2v) is 5.50. The molecule has 1 heterocycles. The molecule has 1 saturated heterocycles. The molecule has 1 aromatic rings. The first kappa shape index (κ1) is 13.9. The molecule has 104 valence electrons. The molecule has 2 atom stereocenters. The minimum absolute atomic E-state index is 0.0310. The zero-order chi connectivity index (χ0) is 13.7. The number of likely N-dealkylation sites (tertiary alicyclic amines) is 1. The minimum atomic E-state index is -0.0310. The first-order valence-electron chi connectivity index (χ1n) is 6.95. The molecule has 0 aliphatic carbocycles. The van der Waals surface area contributed by atoms with Gasteiger partial charge in [-0.3, -0.25) is 0 Å². The Bertz CT molecular complexity index is 419. The summed E-state index contributed by atoms with van der Waals surface area (Å²) < 4.78 is 0. The number of hydrogen-bond donors (Lipinski definition) is 2. The second-order valence-electron chi connectivity index (χ2n) is 5.50. The van der Waals surface area contributed by atoms with E-state index in [1.54, 1.807) is 0 Å². The fraction of sp³-hybridized carbons (Fsp3) is 0.533. The van der Waals surface area contributed by atoms with Crippen molar-refractivity contribution >= 4 is 5.84 Å². The first-order valence-corrected chi connectivity index (χ1v) is 6.95. The molecule has 0 saturated carbocycles. The number of amidine groups is 1. The van der Waals surface area contributed by atoms with Crippen molar-refractivity contribution in [3.8, 4) is 0 Å². The highest BCUT2D eigenvalue weighted by Gasteiger charge is 2.23. The van der Waals surface area contributed by atoms with E-state index in [4.69, 9.17) is 10.9 Å². The molecule has 3 N–H and O–H groups in total. The van der Waals surface area contributed by atoms with Crippen molar-refractivity contribution in [2.75, 3.05) is 19.6 Å². The van der Waals surface area contributed by atoms with Crippen LogP contribution in [0.4, 0.5) is 0 Å². The van der Waals surface area contributed by atoms with E-state index >= 15 is 0 Å². The lowest BCUT2D eigenvalue weighted by molar-refractivity contribution is 0.181. The fourth-order valence-corrected chi connectivity index (χ4v) is 2.84. The second kappa shape index (κ2) is 6.57. The van der Waals surface area contributed by atoms with Crippen LogP contribution in [0.5, 0.6) is 0 Å². The Morgan fingerprint density at radius 3 is 2.84 bits per heavy atom. The third kappa shape index (κ3) is 3.70. The standard InChI is InChI=1S/C15H23N3O/c1-12-6-5-9-18(10-12)11-14(15(16)17-19)13-7-3-2-4-8-13/h2-4,7-8,12,14,19H,5-6,9-11H2,1H3,(H2,16,17). The van der Waals surface area contributed by atoms with Crippen molar-refractivity contribution in [2.24, 2.45) is 16.8 Å². The lowest BCUT2D eigenvalue weighted by Crippen LogP contribution is -2.40. The molecule has 4 nitrogen and oxygen atoms in total. The third-order valence-electron chi connectivity index (χ3n) is 3.86. The number of nitrogens with zero attached hydrogens (tertiary/aromatic N) is 2. The Morgan fingerprint density at radius 1 is 1.47 bits per heavy atom. The van der Waals surface area contributed by atoms with Gasteiger partial charge >= 0.3 is 0 Å². The zero-order valence-electron chi connectivity index (χ0n) is 11.5. The van der Waals surface area contributed by atoms with Gasteiger partial charge < -0.3 is 15.8 Å². The summed E-state index contributed by atoms with van der Waals surface area (Å²) in [6, 6.07) is 10.0. The van der Waals surface area contributed by atoms with Gasteiger partial charge in [-0.25, -0.2) is 0 Å². The van der Waals surface area contributed by atoms with E-state index in [1.165, 1.54) is 12.8 Å². The highest BCUT2D eigenvalue weighted by Crippen LogP contribution is 2.22. The number of oxime groups is 1. The molecular formula is C15H23N3O. The van der Waals surface area contributed by atoms with Gasteiger partial charge in [0, 0.05) is 13.1 Å². The maximum atomic E-state index is 8.99. The average molecular weight is 261 g/mol. The summed E-state index contributed by atoms with van der Waals surface area (Å²) in [5.41, 5.74) is 6.98. The molecule has 0 amide bonds. The summed E-state index contributed by atoms with van der Waals surface area (Å²) in [7, 11) is 0. The topological polar surface area (TPSA) is 61.8 Å². The summed E-state index contributed by atoms with van der Waals surface area (Å²) in [5.74, 6) is 0.999. The van der Waals surface area contributed by atoms with Crippen LogP contribution >= 0.6 is 0 Å². The molecule has 1 fully saturated rings. The molecule has 2 unspecified atom stereocenters. The summed E-state index contributed by atoms with van der Waals surface area (Å²) in [6.07, 6.45) is 2.54. The predicted octanol–water partition coefficient (Wildman–Crippen LogP) is 2.25. The Labute approximate surface area is 114 Å². The monoisotopic (exact) mass is 261 g/mol. The SMILES string of the molecule is CC1CCCN(CC(C(N)=NO)c2ccccc2)C1. The molecule has 0 spiro atoms. The van der Waals surface area contributed by atoms with Crippen LogP contribution in [0.25, 0.3) is 0 Å². The van der Waals surface area contributed by atoms with E-state index in [2.05, 4.69) is 17.0 Å². The van der Waals surface area contributed by atoms with E-state index in [1.807, 2.05) is 30.3 Å². The molecule has 0 bridgehead atoms. The Balaban J connectivity index is 2.11. The quantitative estimate of drug-likeness (QED) is 0.378. The number of rotatable bonds is 4. The van der Waals surface area contributed by atoms with E-state index in [0.29, 0.717) is 5.84 Å². The van der Waals surface area contributed by atoms with Gasteiger partial charge in [0.2, 0.25) is 0 Å². The van der Waals surface area contributed by atoms with Crippen LogP contribution in [0.2, 0.25) is 0 Å². The molecule has 2 rings (SSSR count). The van der Waals surface area contributed by atoms with Crippen LogP contribution in [0.1, 0.15) is 31.2 Å². The van der Waals surface area contributed by atoms with Crippen molar-refractivity contribution in [3.05, 3.63) is 35.9 Å². The summed E-state index contributed by atoms with van der Waals surface area (Å²) in [4.78, 5) is 2.42. The number of hydrogen-bond acceptors (Lipinski definition) is 3. The van der Waals surface area contributed by atoms with Gasteiger partial charge in [-0.1, -0.05) is 42.4 Å². The summed E-state index contributed by atoms with van der Waals surface area (Å²) in [6.45, 7) is 5.31. The van der Waals surface area contributed by atoms with Crippen molar-refractivity contribution in [1.82, 2.24) is 4.90 Å². The van der Waals surface area contributed by atoms with Crippen molar-refractivity contribution in [1.29, 1.82) is 0 Å².